The molecule has 1 atom stereocenters. The summed E-state index contributed by atoms with van der Waals surface area (Å²) in [7, 11) is 1.88. The Morgan fingerprint density at radius 3 is 2.80 bits per heavy atom. The Labute approximate surface area is 120 Å². The molecule has 0 bridgehead atoms. The zero-order chi connectivity index (χ0) is 14.4. The lowest BCUT2D eigenvalue weighted by molar-refractivity contribution is 0.533. The number of hydrogen-bond donors (Lipinski definition) is 1. The summed E-state index contributed by atoms with van der Waals surface area (Å²) in [4.78, 5) is 16.9. The van der Waals surface area contributed by atoms with E-state index in [0.29, 0.717) is 0 Å². The van der Waals surface area contributed by atoms with Crippen LogP contribution in [-0.2, 0) is 7.05 Å². The second kappa shape index (κ2) is 4.66. The van der Waals surface area contributed by atoms with Gasteiger partial charge in [-0.1, -0.05) is 11.8 Å². The third-order valence-electron chi connectivity index (χ3n) is 3.29. The van der Waals surface area contributed by atoms with Gasteiger partial charge >= 0.3 is 0 Å². The second-order valence-corrected chi connectivity index (χ2v) is 6.52. The molecule has 3 rings (SSSR count). The molecule has 7 heteroatoms. The number of fused-ring (bicyclic) bond motifs is 1. The van der Waals surface area contributed by atoms with Crippen molar-refractivity contribution in [2.45, 2.75) is 32.1 Å². The molecule has 1 N–H and O–H groups in total. The van der Waals surface area contributed by atoms with Crippen molar-refractivity contribution in [3.05, 3.63) is 33.9 Å². The maximum Gasteiger partial charge on any atom is 0.271 e. The molecule has 106 valence electrons. The van der Waals surface area contributed by atoms with E-state index >= 15 is 0 Å². The van der Waals surface area contributed by atoms with Gasteiger partial charge < -0.3 is 0 Å². The summed E-state index contributed by atoms with van der Waals surface area (Å²) < 4.78 is 3.59. The van der Waals surface area contributed by atoms with E-state index in [0.717, 1.165) is 22.0 Å². The van der Waals surface area contributed by atoms with Gasteiger partial charge in [-0.15, -0.1) is 0 Å². The number of aliphatic imine (C=N–C) groups is 1. The Morgan fingerprint density at radius 1 is 1.45 bits per heavy atom. The highest BCUT2D eigenvalue weighted by Gasteiger charge is 2.31. The van der Waals surface area contributed by atoms with Crippen LogP contribution in [0.25, 0.3) is 0 Å². The average molecular weight is 291 g/mol. The van der Waals surface area contributed by atoms with Gasteiger partial charge in [0.2, 0.25) is 0 Å². The van der Waals surface area contributed by atoms with Crippen LogP contribution in [0, 0.1) is 0 Å². The molecule has 0 spiro atoms. The van der Waals surface area contributed by atoms with Crippen LogP contribution in [0.15, 0.2) is 22.2 Å². The van der Waals surface area contributed by atoms with Crippen LogP contribution in [0.5, 0.6) is 0 Å². The van der Waals surface area contributed by atoms with Crippen LogP contribution in [-0.4, -0.2) is 24.6 Å². The van der Waals surface area contributed by atoms with Gasteiger partial charge in [-0.05, 0) is 20.8 Å². The Morgan fingerprint density at radius 2 is 2.20 bits per heavy atom. The number of rotatable bonds is 2. The lowest BCUT2D eigenvalue weighted by Gasteiger charge is -2.20. The standard InChI is InChI=1S/C13H17N5OS/c1-7(2)18-12-10(13(19)16-18)11(20-8(3)15-12)9-5-14-17(4)6-9/h5-7,11H,1-4H3,(H,16,19). The molecular formula is C13H17N5OS. The molecule has 0 saturated heterocycles. The minimum Gasteiger partial charge on any atom is -0.275 e. The predicted molar refractivity (Wildman–Crippen MR) is 80.8 cm³/mol. The first-order chi connectivity index (χ1) is 9.47. The molecule has 2 aromatic heterocycles. The van der Waals surface area contributed by atoms with E-state index in [-0.39, 0.29) is 16.9 Å². The third kappa shape index (κ3) is 2.02. The number of aromatic amines is 1. The Balaban J connectivity index is 2.20. The molecule has 0 fully saturated rings. The van der Waals surface area contributed by atoms with E-state index in [4.69, 9.17) is 0 Å². The molecule has 0 aliphatic carbocycles. The lowest BCUT2D eigenvalue weighted by Crippen LogP contribution is -2.13. The summed E-state index contributed by atoms with van der Waals surface area (Å²) in [5.41, 5.74) is 1.69. The highest BCUT2D eigenvalue weighted by atomic mass is 32.2. The zero-order valence-corrected chi connectivity index (χ0v) is 12.7. The monoisotopic (exact) mass is 291 g/mol. The van der Waals surface area contributed by atoms with Crippen LogP contribution < -0.4 is 5.56 Å². The van der Waals surface area contributed by atoms with Crippen molar-refractivity contribution in [1.29, 1.82) is 0 Å². The maximum atomic E-state index is 12.3. The summed E-state index contributed by atoms with van der Waals surface area (Å²) in [6.07, 6.45) is 3.76. The van der Waals surface area contributed by atoms with Crippen molar-refractivity contribution < 1.29 is 0 Å². The number of hydrogen-bond acceptors (Lipinski definition) is 4. The van der Waals surface area contributed by atoms with Crippen molar-refractivity contribution >= 4 is 22.6 Å². The normalized spacial score (nSPS) is 18.2. The first-order valence-corrected chi connectivity index (χ1v) is 7.40. The SMILES string of the molecule is CC1=Nc2c(c(=O)[nH]n2C(C)C)C(c2cnn(C)c2)S1. The van der Waals surface area contributed by atoms with E-state index in [1.165, 1.54) is 0 Å². The summed E-state index contributed by atoms with van der Waals surface area (Å²) >= 11 is 1.60. The second-order valence-electron chi connectivity index (χ2n) is 5.22. The van der Waals surface area contributed by atoms with Crippen molar-refractivity contribution in [2.75, 3.05) is 0 Å². The fraction of sp³-hybridized carbons (Fsp3) is 0.462. The highest BCUT2D eigenvalue weighted by Crippen LogP contribution is 2.43. The smallest absolute Gasteiger partial charge is 0.271 e. The van der Waals surface area contributed by atoms with Crippen molar-refractivity contribution in [1.82, 2.24) is 19.6 Å². The molecule has 2 aromatic rings. The number of nitrogens with one attached hydrogen (secondary N) is 1. The molecule has 0 radical (unpaired) electrons. The number of thioether (sulfide) groups is 1. The third-order valence-corrected chi connectivity index (χ3v) is 4.47. The summed E-state index contributed by atoms with van der Waals surface area (Å²) in [6, 6.07) is 0.167. The molecule has 1 aliphatic rings. The fourth-order valence-electron chi connectivity index (χ4n) is 2.39. The van der Waals surface area contributed by atoms with Crippen LogP contribution in [0.4, 0.5) is 5.82 Å². The Bertz CT molecular complexity index is 736. The van der Waals surface area contributed by atoms with E-state index in [9.17, 15) is 4.79 Å². The average Bonchev–Trinajstić information content (AvgIpc) is 2.93. The lowest BCUT2D eigenvalue weighted by atomic mass is 10.1. The van der Waals surface area contributed by atoms with Crippen LogP contribution in [0.1, 0.15) is 43.2 Å². The van der Waals surface area contributed by atoms with Crippen molar-refractivity contribution in [3.8, 4) is 0 Å². The van der Waals surface area contributed by atoms with Gasteiger partial charge in [0.15, 0.2) is 5.82 Å². The molecule has 0 aromatic carbocycles. The number of aromatic nitrogens is 4. The summed E-state index contributed by atoms with van der Waals surface area (Å²) in [5, 5.41) is 8.02. The first-order valence-electron chi connectivity index (χ1n) is 6.52. The summed E-state index contributed by atoms with van der Waals surface area (Å²) in [6.45, 7) is 6.03. The zero-order valence-electron chi connectivity index (χ0n) is 11.9. The predicted octanol–water partition coefficient (Wildman–Crippen LogP) is 2.38. The van der Waals surface area contributed by atoms with E-state index in [1.807, 2.05) is 44.9 Å². The van der Waals surface area contributed by atoms with E-state index < -0.39 is 0 Å². The maximum absolute atomic E-state index is 12.3. The summed E-state index contributed by atoms with van der Waals surface area (Å²) in [5.74, 6) is 0.745. The Kier molecular flexibility index (Phi) is 3.08. The topological polar surface area (TPSA) is 68.0 Å². The van der Waals surface area contributed by atoms with Crippen LogP contribution in [0.2, 0.25) is 0 Å². The molecular weight excluding hydrogens is 274 g/mol. The molecule has 1 aliphatic heterocycles. The van der Waals surface area contributed by atoms with Crippen LogP contribution in [0.3, 0.4) is 0 Å². The Hall–Kier alpha value is -1.76. The minimum absolute atomic E-state index is 0.0417. The van der Waals surface area contributed by atoms with Gasteiger partial charge in [0.1, 0.15) is 0 Å². The molecule has 1 unspecified atom stereocenters. The number of H-pyrrole nitrogens is 1. The van der Waals surface area contributed by atoms with E-state index in [1.54, 1.807) is 16.4 Å². The number of nitrogens with zero attached hydrogens (tertiary/aromatic N) is 4. The first kappa shape index (κ1) is 13.2. The van der Waals surface area contributed by atoms with Crippen molar-refractivity contribution in [2.24, 2.45) is 12.0 Å². The molecule has 20 heavy (non-hydrogen) atoms. The van der Waals surface area contributed by atoms with Gasteiger partial charge in [0, 0.05) is 24.8 Å². The van der Waals surface area contributed by atoms with Gasteiger partial charge in [0.25, 0.3) is 5.56 Å². The molecule has 0 amide bonds. The van der Waals surface area contributed by atoms with Gasteiger partial charge in [0.05, 0.1) is 22.1 Å². The molecule has 3 heterocycles. The van der Waals surface area contributed by atoms with Gasteiger partial charge in [-0.3, -0.25) is 19.3 Å². The minimum atomic E-state index is -0.0636. The number of aryl methyl sites for hydroxylation is 1. The van der Waals surface area contributed by atoms with Gasteiger partial charge in [-0.2, -0.15) is 5.10 Å². The quantitative estimate of drug-likeness (QED) is 0.923. The highest BCUT2D eigenvalue weighted by molar-refractivity contribution is 8.14. The fourth-order valence-corrected chi connectivity index (χ4v) is 3.46. The van der Waals surface area contributed by atoms with Crippen molar-refractivity contribution in [3.63, 3.8) is 0 Å². The van der Waals surface area contributed by atoms with E-state index in [2.05, 4.69) is 15.2 Å². The van der Waals surface area contributed by atoms with Gasteiger partial charge in [-0.25, -0.2) is 4.99 Å². The van der Waals surface area contributed by atoms with Crippen LogP contribution >= 0.6 is 11.8 Å². The largest absolute Gasteiger partial charge is 0.275 e. The molecule has 6 nitrogen and oxygen atoms in total. The molecule has 0 saturated carbocycles.